The van der Waals surface area contributed by atoms with Gasteiger partial charge in [-0.15, -0.1) is 0 Å². The highest BCUT2D eigenvalue weighted by Crippen LogP contribution is 2.31. The first kappa shape index (κ1) is 22.8. The third kappa shape index (κ3) is 11.2. The molecule has 0 heterocycles. The number of aliphatic hydroxyl groups excluding tert-OH is 2. The number of hydrogen-bond donors (Lipinski definition) is 4. The molecule has 0 rings (SSSR count). The Kier molecular flexibility index (Phi) is 10.7. The van der Waals surface area contributed by atoms with Crippen molar-refractivity contribution in [2.75, 3.05) is 0 Å². The lowest BCUT2D eigenvalue weighted by atomic mass is 9.96. The van der Waals surface area contributed by atoms with Gasteiger partial charge < -0.3 is 34.6 Å². The Hall–Kier alpha value is -1.44. The van der Waals surface area contributed by atoms with E-state index in [9.17, 15) is 19.2 Å². The molecule has 0 radical (unpaired) electrons. The zero-order valence-corrected chi connectivity index (χ0v) is 14.2. The molecule has 0 spiro atoms. The number of carbonyl (C=O) groups is 4. The fraction of sp³-hybridized carbons (Fsp3) is 0.556. The first-order chi connectivity index (χ1) is 9.80. The van der Waals surface area contributed by atoms with Crippen LogP contribution >= 0.6 is 31.9 Å². The summed E-state index contributed by atoms with van der Waals surface area (Å²) >= 11 is 5.92. The summed E-state index contributed by atoms with van der Waals surface area (Å²) in [7, 11) is 0. The second kappa shape index (κ2) is 10.3. The summed E-state index contributed by atoms with van der Waals surface area (Å²) in [4.78, 5) is 39.5. The van der Waals surface area contributed by atoms with Crippen LogP contribution in [0.15, 0.2) is 0 Å². The van der Waals surface area contributed by atoms with Gasteiger partial charge in [0.1, 0.15) is 10.0 Å². The molecule has 0 aromatic rings. The molecule has 0 saturated carbocycles. The number of rotatable bonds is 2. The van der Waals surface area contributed by atoms with Crippen molar-refractivity contribution in [2.45, 2.75) is 23.9 Å². The molecule has 0 saturated heterocycles. The van der Waals surface area contributed by atoms with Crippen LogP contribution in [0.5, 0.6) is 0 Å². The fourth-order valence-corrected chi connectivity index (χ4v) is 1.22. The van der Waals surface area contributed by atoms with E-state index in [1.54, 1.807) is 13.8 Å². The van der Waals surface area contributed by atoms with Crippen LogP contribution in [0.1, 0.15) is 13.8 Å². The van der Waals surface area contributed by atoms with Crippen LogP contribution in [0.25, 0.3) is 0 Å². The lowest BCUT2D eigenvalue weighted by molar-refractivity contribution is 0.0414. The van der Waals surface area contributed by atoms with Gasteiger partial charge in [-0.3, -0.25) is 0 Å². The normalized spacial score (nSPS) is 12.8. The summed E-state index contributed by atoms with van der Waals surface area (Å²) < 4.78 is 9.92. The molecule has 0 bridgehead atoms. The van der Waals surface area contributed by atoms with E-state index >= 15 is 0 Å². The van der Waals surface area contributed by atoms with E-state index in [1.807, 2.05) is 0 Å². The summed E-state index contributed by atoms with van der Waals surface area (Å²) in [5, 5.41) is 32.1. The predicted molar refractivity (Wildman–Crippen MR) is 73.7 cm³/mol. The van der Waals surface area contributed by atoms with Crippen molar-refractivity contribution in [3.63, 3.8) is 0 Å². The number of hydrogen-bond acceptors (Lipinski definition) is 9. The topological polar surface area (TPSA) is 177 Å². The quantitative estimate of drug-likeness (QED) is 0.272. The SMILES string of the molecule is CC(C)(C(O)Br)C(O)Br.O=C(O)OC(=O)OC(=O)OC(=O)O. The molecule has 0 aromatic heterocycles. The molecule has 4 N–H and O–H groups in total. The number of carbonyl (C=O) groups excluding carboxylic acids is 2. The Morgan fingerprint density at radius 3 is 1.23 bits per heavy atom. The van der Waals surface area contributed by atoms with Gasteiger partial charge in [0, 0.05) is 5.41 Å². The van der Waals surface area contributed by atoms with Gasteiger partial charge in [0.25, 0.3) is 0 Å². The molecular weight excluding hydrogens is 444 g/mol. The average Bonchev–Trinajstić information content (AvgIpc) is 2.26. The third-order valence-corrected chi connectivity index (χ3v) is 4.10. The summed E-state index contributed by atoms with van der Waals surface area (Å²) in [5.74, 6) is 0. The second-order valence-electron chi connectivity index (χ2n) is 3.83. The minimum atomic E-state index is -2.01. The van der Waals surface area contributed by atoms with Crippen LogP contribution in [0, 0.1) is 5.41 Å². The van der Waals surface area contributed by atoms with E-state index in [0.29, 0.717) is 0 Å². The van der Waals surface area contributed by atoms with Gasteiger partial charge >= 0.3 is 24.6 Å². The van der Waals surface area contributed by atoms with Gasteiger partial charge in [-0.25, -0.2) is 19.2 Å². The lowest BCUT2D eigenvalue weighted by Crippen LogP contribution is -2.33. The Morgan fingerprint density at radius 1 is 0.818 bits per heavy atom. The Morgan fingerprint density at radius 2 is 1.09 bits per heavy atom. The first-order valence-corrected chi connectivity index (χ1v) is 6.85. The number of halogens is 2. The van der Waals surface area contributed by atoms with Gasteiger partial charge in [-0.05, 0) is 0 Å². The highest BCUT2D eigenvalue weighted by Gasteiger charge is 2.32. The average molecular weight is 456 g/mol. The maximum Gasteiger partial charge on any atom is 0.528 e. The Balaban J connectivity index is 0. The fourth-order valence-electron chi connectivity index (χ4n) is 0.366. The predicted octanol–water partition coefficient (Wildman–Crippen LogP) is 2.07. The molecule has 0 fully saturated rings. The Labute approximate surface area is 140 Å². The van der Waals surface area contributed by atoms with Gasteiger partial charge in [-0.2, -0.15) is 0 Å². The van der Waals surface area contributed by atoms with Crippen molar-refractivity contribution in [2.24, 2.45) is 5.41 Å². The number of ether oxygens (including phenoxy) is 3. The van der Waals surface area contributed by atoms with E-state index in [4.69, 9.17) is 20.4 Å². The third-order valence-electron chi connectivity index (χ3n) is 1.74. The zero-order chi connectivity index (χ0) is 18.1. The minimum absolute atomic E-state index is 0.556. The van der Waals surface area contributed by atoms with E-state index in [0.717, 1.165) is 0 Å². The van der Waals surface area contributed by atoms with E-state index in [-0.39, 0.29) is 0 Å². The van der Waals surface area contributed by atoms with Crippen LogP contribution in [-0.4, -0.2) is 55.1 Å². The lowest BCUT2D eigenvalue weighted by Gasteiger charge is -2.28. The minimum Gasteiger partial charge on any atom is -0.449 e. The summed E-state index contributed by atoms with van der Waals surface area (Å²) in [6, 6.07) is 0. The van der Waals surface area contributed by atoms with Crippen molar-refractivity contribution >= 4 is 56.5 Å². The largest absolute Gasteiger partial charge is 0.528 e. The summed E-state index contributed by atoms with van der Waals surface area (Å²) in [5.41, 5.74) is -0.556. The molecule has 0 aliphatic rings. The smallest absolute Gasteiger partial charge is 0.449 e. The van der Waals surface area contributed by atoms with Gasteiger partial charge in [0.2, 0.25) is 0 Å². The van der Waals surface area contributed by atoms with Crippen molar-refractivity contribution in [3.8, 4) is 0 Å². The molecule has 13 heteroatoms. The monoisotopic (exact) mass is 454 g/mol. The van der Waals surface area contributed by atoms with Crippen LogP contribution in [0.2, 0.25) is 0 Å². The highest BCUT2D eigenvalue weighted by atomic mass is 79.9. The molecule has 0 aromatic carbocycles. The van der Waals surface area contributed by atoms with Crippen LogP contribution in [0.3, 0.4) is 0 Å². The van der Waals surface area contributed by atoms with Crippen molar-refractivity contribution < 1.29 is 53.8 Å². The standard InChI is InChI=1S/C5H10Br2O2.C4H2O9/c1-5(2,3(6)8)4(7)9;5-1(6)11-3(9)13-4(10)12-2(7)8/h3-4,8-9H,1-2H3;(H,5,6)(H,7,8). The van der Waals surface area contributed by atoms with Gasteiger partial charge in [0.05, 0.1) is 0 Å². The van der Waals surface area contributed by atoms with Gasteiger partial charge in [-0.1, -0.05) is 45.7 Å². The molecule has 11 nitrogen and oxygen atoms in total. The number of carboxylic acid groups (broad SMARTS) is 2. The second-order valence-corrected chi connectivity index (χ2v) is 5.57. The Bertz CT molecular complexity index is 382. The number of alkyl halides is 2. The highest BCUT2D eigenvalue weighted by molar-refractivity contribution is 9.10. The van der Waals surface area contributed by atoms with Crippen LogP contribution < -0.4 is 0 Å². The summed E-state index contributed by atoms with van der Waals surface area (Å²) in [6.45, 7) is 3.48. The van der Waals surface area contributed by atoms with Crippen molar-refractivity contribution in [1.29, 1.82) is 0 Å². The molecule has 0 aliphatic carbocycles. The van der Waals surface area contributed by atoms with Crippen molar-refractivity contribution in [1.82, 2.24) is 0 Å². The molecule has 0 aliphatic heterocycles. The van der Waals surface area contributed by atoms with E-state index in [1.165, 1.54) is 0 Å². The van der Waals surface area contributed by atoms with E-state index < -0.39 is 40.1 Å². The molecular formula is C9H12Br2O11. The maximum atomic E-state index is 10.1. The first-order valence-electron chi connectivity index (χ1n) is 5.02. The van der Waals surface area contributed by atoms with Gasteiger partial charge in [0.15, 0.2) is 0 Å². The van der Waals surface area contributed by atoms with Crippen molar-refractivity contribution in [3.05, 3.63) is 0 Å². The summed E-state index contributed by atoms with van der Waals surface area (Å²) in [6.07, 6.45) is -7.82. The molecule has 128 valence electrons. The van der Waals surface area contributed by atoms with Crippen LogP contribution in [0.4, 0.5) is 19.2 Å². The maximum absolute atomic E-state index is 10.1. The molecule has 0 amide bonds. The number of aliphatic hydroxyl groups is 2. The van der Waals surface area contributed by atoms with Crippen LogP contribution in [-0.2, 0) is 14.2 Å². The molecule has 2 unspecified atom stereocenters. The molecule has 2 atom stereocenters. The molecule has 22 heavy (non-hydrogen) atoms. The zero-order valence-electron chi connectivity index (χ0n) is 11.1. The van der Waals surface area contributed by atoms with E-state index in [2.05, 4.69) is 46.1 Å².